The zero-order valence-corrected chi connectivity index (χ0v) is 13.9. The molecule has 4 aromatic rings. The maximum atomic E-state index is 5.91. The third kappa shape index (κ3) is 3.02. The minimum absolute atomic E-state index is 0.779. The molecule has 0 atom stereocenters. The van der Waals surface area contributed by atoms with Gasteiger partial charge in [-0.3, -0.25) is 0 Å². The van der Waals surface area contributed by atoms with Crippen LogP contribution < -0.4 is 16.2 Å². The van der Waals surface area contributed by atoms with Crippen LogP contribution >= 0.6 is 7.92 Å². The Labute approximate surface area is 142 Å². The molecule has 0 aliphatic heterocycles. The van der Waals surface area contributed by atoms with E-state index in [2.05, 4.69) is 60.7 Å². The van der Waals surface area contributed by atoms with Gasteiger partial charge in [0.15, 0.2) is 0 Å². The quantitative estimate of drug-likeness (QED) is 0.527. The predicted octanol–water partition coefficient (Wildman–Crippen LogP) is 4.10. The van der Waals surface area contributed by atoms with Crippen LogP contribution in [-0.4, -0.2) is 4.98 Å². The second-order valence-corrected chi connectivity index (χ2v) is 7.47. The number of benzene rings is 3. The van der Waals surface area contributed by atoms with Crippen molar-refractivity contribution in [3.8, 4) is 11.3 Å². The van der Waals surface area contributed by atoms with Crippen LogP contribution in [0.15, 0.2) is 102 Å². The van der Waals surface area contributed by atoms with Crippen molar-refractivity contribution in [1.82, 2.24) is 4.98 Å². The van der Waals surface area contributed by atoms with Crippen molar-refractivity contribution < 1.29 is 4.42 Å². The molecular formula is C21H16NOP. The van der Waals surface area contributed by atoms with Gasteiger partial charge in [0.25, 0.3) is 0 Å². The summed E-state index contributed by atoms with van der Waals surface area (Å²) in [6.45, 7) is 0. The second-order valence-electron chi connectivity index (χ2n) is 5.39. The van der Waals surface area contributed by atoms with Gasteiger partial charge >= 0.3 is 0 Å². The van der Waals surface area contributed by atoms with Crippen molar-refractivity contribution >= 4 is 24.2 Å². The van der Waals surface area contributed by atoms with Crippen LogP contribution in [0.4, 0.5) is 0 Å². The van der Waals surface area contributed by atoms with E-state index in [1.807, 2.05) is 30.3 Å². The third-order valence-electron chi connectivity index (χ3n) is 3.78. The summed E-state index contributed by atoms with van der Waals surface area (Å²) in [5, 5.41) is 2.47. The van der Waals surface area contributed by atoms with E-state index in [0.29, 0.717) is 0 Å². The Balaban J connectivity index is 1.79. The molecule has 1 aromatic heterocycles. The van der Waals surface area contributed by atoms with Gasteiger partial charge in [0, 0.05) is 13.5 Å². The molecule has 0 saturated heterocycles. The second kappa shape index (κ2) is 6.82. The minimum Gasteiger partial charge on any atom is -0.444 e. The lowest BCUT2D eigenvalue weighted by atomic mass is 10.2. The number of nitrogens with zero attached hydrogens (tertiary/aromatic N) is 1. The van der Waals surface area contributed by atoms with Crippen molar-refractivity contribution in [2.75, 3.05) is 0 Å². The molecule has 0 radical (unpaired) electrons. The van der Waals surface area contributed by atoms with Crippen LogP contribution in [0.25, 0.3) is 11.3 Å². The van der Waals surface area contributed by atoms with Gasteiger partial charge in [0.1, 0.15) is 12.0 Å². The van der Waals surface area contributed by atoms with E-state index in [9.17, 15) is 0 Å². The summed E-state index contributed by atoms with van der Waals surface area (Å²) in [7, 11) is -0.793. The zero-order valence-electron chi connectivity index (χ0n) is 13.0. The van der Waals surface area contributed by atoms with Gasteiger partial charge < -0.3 is 4.42 Å². The highest BCUT2D eigenvalue weighted by Crippen LogP contribution is 2.33. The SMILES string of the molecule is c1ccc(-c2coc(P(c3ccccc3)c3ccccc3)n2)cc1. The first-order chi connectivity index (χ1) is 11.9. The Bertz CT molecular complexity index is 865. The molecule has 1 heterocycles. The summed E-state index contributed by atoms with van der Waals surface area (Å²) in [6.07, 6.45) is 1.76. The van der Waals surface area contributed by atoms with Gasteiger partial charge in [-0.2, -0.15) is 0 Å². The Morgan fingerprint density at radius 2 is 1.12 bits per heavy atom. The molecule has 0 amide bonds. The highest BCUT2D eigenvalue weighted by Gasteiger charge is 2.21. The van der Waals surface area contributed by atoms with Gasteiger partial charge in [-0.15, -0.1) is 0 Å². The zero-order chi connectivity index (χ0) is 16.2. The Hall–Kier alpha value is -2.70. The maximum absolute atomic E-state index is 5.91. The van der Waals surface area contributed by atoms with Crippen molar-refractivity contribution in [1.29, 1.82) is 0 Å². The van der Waals surface area contributed by atoms with E-state index in [-0.39, 0.29) is 0 Å². The molecule has 116 valence electrons. The van der Waals surface area contributed by atoms with Crippen LogP contribution in [-0.2, 0) is 0 Å². The molecule has 0 spiro atoms. The van der Waals surface area contributed by atoms with Crippen LogP contribution in [0, 0.1) is 0 Å². The predicted molar refractivity (Wildman–Crippen MR) is 101 cm³/mol. The van der Waals surface area contributed by atoms with E-state index in [1.54, 1.807) is 6.26 Å². The molecule has 0 N–H and O–H groups in total. The number of aromatic nitrogens is 1. The summed E-state index contributed by atoms with van der Waals surface area (Å²) >= 11 is 0. The number of hydrogen-bond donors (Lipinski definition) is 0. The topological polar surface area (TPSA) is 26.0 Å². The Morgan fingerprint density at radius 1 is 0.625 bits per heavy atom. The van der Waals surface area contributed by atoms with Gasteiger partial charge in [-0.25, -0.2) is 4.98 Å². The average Bonchev–Trinajstić information content (AvgIpc) is 3.14. The molecule has 0 bridgehead atoms. The molecular weight excluding hydrogens is 313 g/mol. The standard InChI is InChI=1S/C21H16NOP/c1-4-10-17(11-5-1)20-16-23-21(22-20)24(18-12-6-2-7-13-18)19-14-8-3-9-15-19/h1-16H. The monoisotopic (exact) mass is 329 g/mol. The molecule has 0 saturated carbocycles. The maximum Gasteiger partial charge on any atom is 0.225 e. The molecule has 3 heteroatoms. The third-order valence-corrected chi connectivity index (χ3v) is 6.00. The molecule has 2 nitrogen and oxygen atoms in total. The highest BCUT2D eigenvalue weighted by molar-refractivity contribution is 7.79. The first kappa shape index (κ1) is 14.9. The van der Waals surface area contributed by atoms with Crippen LogP contribution in [0.3, 0.4) is 0 Å². The van der Waals surface area contributed by atoms with Crippen molar-refractivity contribution in [3.63, 3.8) is 0 Å². The fourth-order valence-corrected chi connectivity index (χ4v) is 4.68. The minimum atomic E-state index is -0.793. The first-order valence-corrected chi connectivity index (χ1v) is 9.17. The molecule has 0 unspecified atom stereocenters. The number of hydrogen-bond acceptors (Lipinski definition) is 2. The first-order valence-electron chi connectivity index (χ1n) is 7.83. The lowest BCUT2D eigenvalue weighted by Crippen LogP contribution is -2.21. The normalized spacial score (nSPS) is 10.9. The lowest BCUT2D eigenvalue weighted by molar-refractivity contribution is 0.598. The summed E-state index contributed by atoms with van der Waals surface area (Å²) < 4.78 is 5.91. The molecule has 4 rings (SSSR count). The summed E-state index contributed by atoms with van der Waals surface area (Å²) in [4.78, 5) is 4.80. The summed E-state index contributed by atoms with van der Waals surface area (Å²) in [5.74, 6) is 0. The van der Waals surface area contributed by atoms with E-state index < -0.39 is 7.92 Å². The number of rotatable bonds is 4. The van der Waals surface area contributed by atoms with Crippen LogP contribution in [0.2, 0.25) is 0 Å². The van der Waals surface area contributed by atoms with E-state index in [4.69, 9.17) is 9.40 Å². The van der Waals surface area contributed by atoms with E-state index in [1.165, 1.54) is 10.6 Å². The summed E-state index contributed by atoms with van der Waals surface area (Å²) in [5.41, 5.74) is 2.73. The van der Waals surface area contributed by atoms with Gasteiger partial charge in [-0.05, 0) is 10.6 Å². The van der Waals surface area contributed by atoms with Gasteiger partial charge in [0.05, 0.1) is 0 Å². The number of oxazole rings is 1. The fourth-order valence-electron chi connectivity index (χ4n) is 2.63. The largest absolute Gasteiger partial charge is 0.444 e. The van der Waals surface area contributed by atoms with Gasteiger partial charge in [0.2, 0.25) is 5.63 Å². The van der Waals surface area contributed by atoms with Crippen LogP contribution in [0.1, 0.15) is 0 Å². The van der Waals surface area contributed by atoms with E-state index in [0.717, 1.165) is 16.9 Å². The smallest absolute Gasteiger partial charge is 0.225 e. The fraction of sp³-hybridized carbons (Fsp3) is 0. The van der Waals surface area contributed by atoms with Crippen LogP contribution in [0.5, 0.6) is 0 Å². The molecule has 24 heavy (non-hydrogen) atoms. The van der Waals surface area contributed by atoms with Crippen molar-refractivity contribution in [3.05, 3.63) is 97.3 Å². The van der Waals surface area contributed by atoms with Crippen molar-refractivity contribution in [2.45, 2.75) is 0 Å². The Kier molecular flexibility index (Phi) is 4.22. The average molecular weight is 329 g/mol. The molecule has 0 fully saturated rings. The Morgan fingerprint density at radius 3 is 1.67 bits per heavy atom. The van der Waals surface area contributed by atoms with E-state index >= 15 is 0 Å². The molecule has 0 aliphatic carbocycles. The highest BCUT2D eigenvalue weighted by atomic mass is 31.1. The summed E-state index contributed by atoms with van der Waals surface area (Å²) in [6, 6.07) is 31.0. The van der Waals surface area contributed by atoms with Crippen molar-refractivity contribution in [2.24, 2.45) is 0 Å². The molecule has 3 aromatic carbocycles. The van der Waals surface area contributed by atoms with Gasteiger partial charge in [-0.1, -0.05) is 91.0 Å². The lowest BCUT2D eigenvalue weighted by Gasteiger charge is -2.14. The molecule has 0 aliphatic rings.